The molecule has 0 fully saturated rings. The Morgan fingerprint density at radius 1 is 0.880 bits per heavy atom. The Hall–Kier alpha value is -3.47. The van der Waals surface area contributed by atoms with Gasteiger partial charge in [-0.3, -0.25) is 5.32 Å². The predicted octanol–water partition coefficient (Wildman–Crippen LogP) is 4.27. The maximum Gasteiger partial charge on any atom is 0.412 e. The number of carbonyl (C=O) groups is 1. The van der Waals surface area contributed by atoms with Crippen LogP contribution >= 0.6 is 0 Å². The van der Waals surface area contributed by atoms with Crippen LogP contribution in [0.1, 0.15) is 5.56 Å². The largest absolute Gasteiger partial charge is 0.444 e. The van der Waals surface area contributed by atoms with E-state index >= 15 is 0 Å². The summed E-state index contributed by atoms with van der Waals surface area (Å²) in [6.07, 6.45) is -0.551. The van der Waals surface area contributed by atoms with Gasteiger partial charge in [0.05, 0.1) is 11.4 Å². The Labute approximate surface area is 146 Å². The molecular formula is C20H19N3O2. The number of carbonyl (C=O) groups excluding carboxylic acids is 1. The quantitative estimate of drug-likeness (QED) is 0.622. The standard InChI is InChI=1S/C20H19N3O2/c21-17-9-6-15(7-10-17)16-8-11-18(22)19(12-16)23-20(24)25-13-14-4-2-1-3-5-14/h1-12H,13,21-22H2,(H,23,24). The van der Waals surface area contributed by atoms with Gasteiger partial charge >= 0.3 is 6.09 Å². The van der Waals surface area contributed by atoms with Crippen LogP contribution in [-0.2, 0) is 11.3 Å². The van der Waals surface area contributed by atoms with E-state index in [1.54, 1.807) is 6.07 Å². The molecule has 0 saturated heterocycles. The second-order valence-corrected chi connectivity index (χ2v) is 5.61. The van der Waals surface area contributed by atoms with Crippen LogP contribution in [0.3, 0.4) is 0 Å². The van der Waals surface area contributed by atoms with Gasteiger partial charge in [0.25, 0.3) is 0 Å². The van der Waals surface area contributed by atoms with Crippen molar-refractivity contribution in [1.29, 1.82) is 0 Å². The summed E-state index contributed by atoms with van der Waals surface area (Å²) >= 11 is 0. The summed E-state index contributed by atoms with van der Waals surface area (Å²) in [6, 6.07) is 22.4. The van der Waals surface area contributed by atoms with Gasteiger partial charge in [-0.05, 0) is 41.0 Å². The molecule has 1 amide bonds. The lowest BCUT2D eigenvalue weighted by Gasteiger charge is -2.11. The van der Waals surface area contributed by atoms with Crippen molar-refractivity contribution in [2.24, 2.45) is 0 Å². The molecule has 0 atom stereocenters. The van der Waals surface area contributed by atoms with Crippen molar-refractivity contribution in [2.75, 3.05) is 16.8 Å². The molecular weight excluding hydrogens is 314 g/mol. The maximum atomic E-state index is 12.0. The fourth-order valence-corrected chi connectivity index (χ4v) is 2.39. The van der Waals surface area contributed by atoms with Gasteiger partial charge in [0, 0.05) is 5.69 Å². The molecule has 0 aliphatic heterocycles. The molecule has 0 aliphatic carbocycles. The average Bonchev–Trinajstić information content (AvgIpc) is 2.63. The molecule has 0 aliphatic rings. The zero-order valence-electron chi connectivity index (χ0n) is 13.6. The third-order valence-electron chi connectivity index (χ3n) is 3.75. The number of hydrogen-bond donors (Lipinski definition) is 3. The maximum absolute atomic E-state index is 12.0. The molecule has 0 aromatic heterocycles. The molecule has 0 bridgehead atoms. The second-order valence-electron chi connectivity index (χ2n) is 5.61. The highest BCUT2D eigenvalue weighted by molar-refractivity contribution is 5.90. The molecule has 126 valence electrons. The van der Waals surface area contributed by atoms with E-state index in [1.165, 1.54) is 0 Å². The third kappa shape index (κ3) is 4.29. The molecule has 25 heavy (non-hydrogen) atoms. The van der Waals surface area contributed by atoms with Crippen LogP contribution in [0.25, 0.3) is 11.1 Å². The van der Waals surface area contributed by atoms with E-state index in [1.807, 2.05) is 66.7 Å². The second kappa shape index (κ2) is 7.40. The third-order valence-corrected chi connectivity index (χ3v) is 3.75. The van der Waals surface area contributed by atoms with Crippen molar-refractivity contribution in [1.82, 2.24) is 0 Å². The van der Waals surface area contributed by atoms with E-state index < -0.39 is 6.09 Å². The Balaban J connectivity index is 1.70. The van der Waals surface area contributed by atoms with E-state index in [9.17, 15) is 4.79 Å². The highest BCUT2D eigenvalue weighted by Gasteiger charge is 2.08. The number of rotatable bonds is 4. The van der Waals surface area contributed by atoms with E-state index in [0.717, 1.165) is 16.7 Å². The normalized spacial score (nSPS) is 10.2. The smallest absolute Gasteiger partial charge is 0.412 e. The lowest BCUT2D eigenvalue weighted by molar-refractivity contribution is 0.155. The minimum absolute atomic E-state index is 0.199. The number of ether oxygens (including phenoxy) is 1. The first-order chi connectivity index (χ1) is 12.1. The van der Waals surface area contributed by atoms with Gasteiger partial charge in [0.2, 0.25) is 0 Å². The van der Waals surface area contributed by atoms with Gasteiger partial charge in [-0.15, -0.1) is 0 Å². The number of nitrogen functional groups attached to an aromatic ring is 2. The minimum atomic E-state index is -0.551. The van der Waals surface area contributed by atoms with Crippen LogP contribution in [0.4, 0.5) is 21.9 Å². The number of anilines is 3. The molecule has 5 nitrogen and oxygen atoms in total. The summed E-state index contributed by atoms with van der Waals surface area (Å²) in [5.41, 5.74) is 16.2. The lowest BCUT2D eigenvalue weighted by atomic mass is 10.0. The number of amides is 1. The van der Waals surface area contributed by atoms with Crippen molar-refractivity contribution >= 4 is 23.2 Å². The fourth-order valence-electron chi connectivity index (χ4n) is 2.39. The van der Waals surface area contributed by atoms with Gasteiger partial charge in [-0.25, -0.2) is 4.79 Å². The molecule has 5 heteroatoms. The van der Waals surface area contributed by atoms with Crippen LogP contribution in [0.5, 0.6) is 0 Å². The Morgan fingerprint density at radius 3 is 2.28 bits per heavy atom. The van der Waals surface area contributed by atoms with Gasteiger partial charge in [0.1, 0.15) is 6.61 Å². The van der Waals surface area contributed by atoms with Crippen LogP contribution in [-0.4, -0.2) is 6.09 Å². The topological polar surface area (TPSA) is 90.4 Å². The summed E-state index contributed by atoms with van der Waals surface area (Å²) in [7, 11) is 0. The van der Waals surface area contributed by atoms with Gasteiger partial charge in [-0.1, -0.05) is 48.5 Å². The monoisotopic (exact) mass is 333 g/mol. The summed E-state index contributed by atoms with van der Waals surface area (Å²) in [4.78, 5) is 12.0. The highest BCUT2D eigenvalue weighted by Crippen LogP contribution is 2.28. The Morgan fingerprint density at radius 2 is 1.56 bits per heavy atom. The summed E-state index contributed by atoms with van der Waals surface area (Å²) in [6.45, 7) is 0.199. The number of hydrogen-bond acceptors (Lipinski definition) is 4. The Kier molecular flexibility index (Phi) is 4.85. The predicted molar refractivity (Wildman–Crippen MR) is 101 cm³/mol. The van der Waals surface area contributed by atoms with E-state index in [2.05, 4.69) is 5.32 Å². The van der Waals surface area contributed by atoms with Crippen LogP contribution in [0, 0.1) is 0 Å². The van der Waals surface area contributed by atoms with E-state index in [4.69, 9.17) is 16.2 Å². The minimum Gasteiger partial charge on any atom is -0.444 e. The molecule has 3 aromatic carbocycles. The first-order valence-corrected chi connectivity index (χ1v) is 7.85. The molecule has 3 aromatic rings. The van der Waals surface area contributed by atoms with Gasteiger partial charge in [-0.2, -0.15) is 0 Å². The van der Waals surface area contributed by atoms with E-state index in [0.29, 0.717) is 17.1 Å². The number of nitrogens with two attached hydrogens (primary N) is 2. The van der Waals surface area contributed by atoms with Crippen molar-refractivity contribution in [3.63, 3.8) is 0 Å². The zero-order valence-corrected chi connectivity index (χ0v) is 13.6. The first-order valence-electron chi connectivity index (χ1n) is 7.85. The van der Waals surface area contributed by atoms with Crippen LogP contribution < -0.4 is 16.8 Å². The molecule has 5 N–H and O–H groups in total. The molecule has 0 spiro atoms. The Bertz CT molecular complexity index is 862. The first kappa shape index (κ1) is 16.4. The summed E-state index contributed by atoms with van der Waals surface area (Å²) in [5, 5.41) is 2.69. The summed E-state index contributed by atoms with van der Waals surface area (Å²) < 4.78 is 5.23. The molecule has 0 unspecified atom stereocenters. The lowest BCUT2D eigenvalue weighted by Crippen LogP contribution is -2.14. The molecule has 0 saturated carbocycles. The van der Waals surface area contributed by atoms with Crippen molar-refractivity contribution in [3.05, 3.63) is 78.4 Å². The fraction of sp³-hybridized carbons (Fsp3) is 0.0500. The highest BCUT2D eigenvalue weighted by atomic mass is 16.5. The van der Waals surface area contributed by atoms with E-state index in [-0.39, 0.29) is 6.61 Å². The molecule has 0 radical (unpaired) electrons. The SMILES string of the molecule is Nc1ccc(-c2ccc(N)c(NC(=O)OCc3ccccc3)c2)cc1. The average molecular weight is 333 g/mol. The number of nitrogens with one attached hydrogen (secondary N) is 1. The van der Waals surface area contributed by atoms with Gasteiger partial charge < -0.3 is 16.2 Å². The van der Waals surface area contributed by atoms with Crippen molar-refractivity contribution < 1.29 is 9.53 Å². The van der Waals surface area contributed by atoms with Crippen LogP contribution in [0.2, 0.25) is 0 Å². The molecule has 3 rings (SSSR count). The van der Waals surface area contributed by atoms with Crippen molar-refractivity contribution in [2.45, 2.75) is 6.61 Å². The molecule has 0 heterocycles. The van der Waals surface area contributed by atoms with Crippen LogP contribution in [0.15, 0.2) is 72.8 Å². The van der Waals surface area contributed by atoms with Gasteiger partial charge in [0.15, 0.2) is 0 Å². The van der Waals surface area contributed by atoms with Crippen molar-refractivity contribution in [3.8, 4) is 11.1 Å². The zero-order chi connectivity index (χ0) is 17.6. The number of benzene rings is 3. The summed E-state index contributed by atoms with van der Waals surface area (Å²) in [5.74, 6) is 0.